The maximum Gasteiger partial charge on any atom is 0.238 e. The molecule has 0 spiro atoms. The number of sulfonamides is 1. The molecule has 0 aliphatic heterocycles. The summed E-state index contributed by atoms with van der Waals surface area (Å²) in [5.74, 6) is 0. The van der Waals surface area contributed by atoms with Gasteiger partial charge < -0.3 is 5.73 Å². The maximum absolute atomic E-state index is 11.4. The highest BCUT2D eigenvalue weighted by Gasteiger charge is 2.14. The molecular weight excluding hydrogens is 276 g/mol. The summed E-state index contributed by atoms with van der Waals surface area (Å²) in [4.78, 5) is 0.0437. The lowest BCUT2D eigenvalue weighted by molar-refractivity contribution is 0.598. The lowest BCUT2D eigenvalue weighted by Crippen LogP contribution is -2.11. The minimum Gasteiger partial charge on any atom is -0.398 e. The Balaban J connectivity index is 2.30. The van der Waals surface area contributed by atoms with E-state index in [2.05, 4.69) is 10.2 Å². The molecule has 0 amide bonds. The molecule has 0 aliphatic rings. The molecule has 2 aromatic carbocycles. The predicted molar refractivity (Wildman–Crippen MR) is 77.3 cm³/mol. The van der Waals surface area contributed by atoms with Crippen LogP contribution in [0.1, 0.15) is 0 Å². The number of anilines is 1. The number of nitrogens with one attached hydrogen (secondary N) is 1. The quantitative estimate of drug-likeness (QED) is 0.619. The molecule has 0 saturated carbocycles. The highest BCUT2D eigenvalue weighted by atomic mass is 32.2. The van der Waals surface area contributed by atoms with E-state index in [-0.39, 0.29) is 4.90 Å². The molecule has 6 nitrogen and oxygen atoms in total. The number of nitrogen functional groups attached to an aromatic ring is 1. The van der Waals surface area contributed by atoms with Gasteiger partial charge in [-0.25, -0.2) is 13.6 Å². The van der Waals surface area contributed by atoms with Crippen molar-refractivity contribution in [2.45, 2.75) is 4.90 Å². The van der Waals surface area contributed by atoms with Crippen LogP contribution < -0.4 is 10.9 Å². The van der Waals surface area contributed by atoms with E-state index in [1.807, 2.05) is 18.2 Å². The van der Waals surface area contributed by atoms with Gasteiger partial charge in [-0.05, 0) is 24.3 Å². The molecule has 1 aromatic heterocycles. The molecule has 1 heterocycles. The third-order valence-electron chi connectivity index (χ3n) is 3.08. The Hall–Kier alpha value is -2.38. The molecule has 0 radical (unpaired) electrons. The van der Waals surface area contributed by atoms with Crippen molar-refractivity contribution in [1.82, 2.24) is 10.2 Å². The average molecular weight is 288 g/mol. The second-order valence-corrected chi connectivity index (χ2v) is 5.97. The number of aromatic amines is 1. The van der Waals surface area contributed by atoms with Crippen LogP contribution in [0, 0.1) is 0 Å². The number of para-hydroxylation sites is 1. The van der Waals surface area contributed by atoms with Gasteiger partial charge in [0, 0.05) is 16.6 Å². The van der Waals surface area contributed by atoms with Crippen molar-refractivity contribution in [2.75, 3.05) is 5.73 Å². The van der Waals surface area contributed by atoms with Crippen molar-refractivity contribution in [2.24, 2.45) is 5.14 Å². The van der Waals surface area contributed by atoms with E-state index in [1.54, 1.807) is 12.1 Å². The number of primary sulfonamides is 1. The topological polar surface area (TPSA) is 115 Å². The normalized spacial score (nSPS) is 11.8. The number of H-pyrrole nitrogens is 1. The zero-order chi connectivity index (χ0) is 14.3. The van der Waals surface area contributed by atoms with Crippen molar-refractivity contribution in [1.29, 1.82) is 0 Å². The number of fused-ring (bicyclic) bond motifs is 1. The zero-order valence-electron chi connectivity index (χ0n) is 10.4. The summed E-state index contributed by atoms with van der Waals surface area (Å²) in [5, 5.41) is 12.9. The van der Waals surface area contributed by atoms with Crippen LogP contribution in [-0.4, -0.2) is 18.6 Å². The summed E-state index contributed by atoms with van der Waals surface area (Å²) >= 11 is 0. The fraction of sp³-hybridized carbons (Fsp3) is 0. The first-order valence-electron chi connectivity index (χ1n) is 5.82. The van der Waals surface area contributed by atoms with Gasteiger partial charge in [-0.3, -0.25) is 5.10 Å². The van der Waals surface area contributed by atoms with E-state index in [1.165, 1.54) is 12.1 Å². The number of benzene rings is 2. The second-order valence-electron chi connectivity index (χ2n) is 4.41. The van der Waals surface area contributed by atoms with Crippen LogP contribution in [0.15, 0.2) is 47.4 Å². The van der Waals surface area contributed by atoms with Crippen LogP contribution in [0.5, 0.6) is 0 Å². The number of nitrogens with two attached hydrogens (primary N) is 2. The summed E-state index contributed by atoms with van der Waals surface area (Å²) in [6, 6.07) is 11.8. The Kier molecular flexibility index (Phi) is 2.73. The molecule has 3 aromatic rings. The Morgan fingerprint density at radius 2 is 1.85 bits per heavy atom. The number of hydrogen-bond acceptors (Lipinski definition) is 4. The molecule has 7 heteroatoms. The average Bonchev–Trinajstić information content (AvgIpc) is 2.81. The van der Waals surface area contributed by atoms with Crippen LogP contribution in [-0.2, 0) is 10.0 Å². The third-order valence-corrected chi connectivity index (χ3v) is 3.99. The van der Waals surface area contributed by atoms with Crippen molar-refractivity contribution in [3.8, 4) is 11.3 Å². The first-order chi connectivity index (χ1) is 9.47. The van der Waals surface area contributed by atoms with Gasteiger partial charge in [0.2, 0.25) is 10.0 Å². The van der Waals surface area contributed by atoms with Crippen LogP contribution in [0.2, 0.25) is 0 Å². The molecule has 20 heavy (non-hydrogen) atoms. The Labute approximate surface area is 115 Å². The minimum absolute atomic E-state index is 0.0437. The van der Waals surface area contributed by atoms with Crippen LogP contribution in [0.4, 0.5) is 5.69 Å². The highest BCUT2D eigenvalue weighted by Crippen LogP contribution is 2.31. The Bertz CT molecular complexity index is 900. The highest BCUT2D eigenvalue weighted by molar-refractivity contribution is 7.89. The first-order valence-corrected chi connectivity index (χ1v) is 7.37. The van der Waals surface area contributed by atoms with Gasteiger partial charge >= 0.3 is 0 Å². The van der Waals surface area contributed by atoms with Gasteiger partial charge in [-0.15, -0.1) is 0 Å². The summed E-state index contributed by atoms with van der Waals surface area (Å²) in [7, 11) is -3.75. The van der Waals surface area contributed by atoms with Crippen molar-refractivity contribution >= 4 is 26.6 Å². The van der Waals surface area contributed by atoms with Crippen LogP contribution in [0.3, 0.4) is 0 Å². The molecule has 102 valence electrons. The molecule has 0 unspecified atom stereocenters. The summed E-state index contributed by atoms with van der Waals surface area (Å²) in [6.45, 7) is 0. The number of hydrogen-bond donors (Lipinski definition) is 3. The van der Waals surface area contributed by atoms with Crippen LogP contribution >= 0.6 is 0 Å². The van der Waals surface area contributed by atoms with Gasteiger partial charge in [0.15, 0.2) is 0 Å². The molecule has 0 aliphatic carbocycles. The molecular formula is C13H12N4O2S. The van der Waals surface area contributed by atoms with Gasteiger partial charge in [-0.1, -0.05) is 18.2 Å². The van der Waals surface area contributed by atoms with E-state index in [0.29, 0.717) is 16.8 Å². The maximum atomic E-state index is 11.4. The smallest absolute Gasteiger partial charge is 0.238 e. The summed E-state index contributed by atoms with van der Waals surface area (Å²) in [5.41, 5.74) is 8.56. The molecule has 3 rings (SSSR count). The SMILES string of the molecule is Nc1ccccc1-c1n[nH]c2ccc(S(N)(=O)=O)cc12. The summed E-state index contributed by atoms with van der Waals surface area (Å²) in [6.07, 6.45) is 0. The standard InChI is InChI=1S/C13H12N4O2S/c14-11-4-2-1-3-9(11)13-10-7-8(20(15,18)19)5-6-12(10)16-17-13/h1-7H,14H2,(H,16,17)(H2,15,18,19). The van der Waals surface area contributed by atoms with Gasteiger partial charge in [0.25, 0.3) is 0 Å². The molecule has 0 atom stereocenters. The monoisotopic (exact) mass is 288 g/mol. The first kappa shape index (κ1) is 12.6. The third kappa shape index (κ3) is 2.02. The zero-order valence-corrected chi connectivity index (χ0v) is 11.2. The number of rotatable bonds is 2. The molecule has 0 bridgehead atoms. The van der Waals surface area contributed by atoms with E-state index in [4.69, 9.17) is 10.9 Å². The minimum atomic E-state index is -3.75. The van der Waals surface area contributed by atoms with Crippen molar-refractivity contribution in [3.05, 3.63) is 42.5 Å². The Morgan fingerprint density at radius 1 is 1.10 bits per heavy atom. The summed E-state index contributed by atoms with van der Waals surface area (Å²) < 4.78 is 22.9. The van der Waals surface area contributed by atoms with Gasteiger partial charge in [0.05, 0.1) is 10.4 Å². The predicted octanol–water partition coefficient (Wildman–Crippen LogP) is 1.46. The van der Waals surface area contributed by atoms with E-state index < -0.39 is 10.0 Å². The molecule has 0 saturated heterocycles. The fourth-order valence-electron chi connectivity index (χ4n) is 2.09. The lowest BCUT2D eigenvalue weighted by atomic mass is 10.1. The fourth-order valence-corrected chi connectivity index (χ4v) is 2.63. The van der Waals surface area contributed by atoms with E-state index >= 15 is 0 Å². The largest absolute Gasteiger partial charge is 0.398 e. The van der Waals surface area contributed by atoms with Crippen LogP contribution in [0.25, 0.3) is 22.2 Å². The molecule has 0 fully saturated rings. The second kappa shape index (κ2) is 4.32. The van der Waals surface area contributed by atoms with E-state index in [0.717, 1.165) is 11.1 Å². The van der Waals surface area contributed by atoms with Gasteiger partial charge in [0.1, 0.15) is 5.69 Å². The van der Waals surface area contributed by atoms with E-state index in [9.17, 15) is 8.42 Å². The van der Waals surface area contributed by atoms with Gasteiger partial charge in [-0.2, -0.15) is 5.10 Å². The van der Waals surface area contributed by atoms with Crippen molar-refractivity contribution < 1.29 is 8.42 Å². The van der Waals surface area contributed by atoms with Crippen molar-refractivity contribution in [3.63, 3.8) is 0 Å². The number of nitrogens with zero attached hydrogens (tertiary/aromatic N) is 1. The molecule has 5 N–H and O–H groups in total. The number of aromatic nitrogens is 2. The lowest BCUT2D eigenvalue weighted by Gasteiger charge is -2.03. The Morgan fingerprint density at radius 3 is 2.55 bits per heavy atom.